The standard InChI is InChI=1S/C16H22N4O.CO2/c1-2-15-16(18-19-17-15)21-14-9-7-8-13(12-14)20-10-5-3-4-6-11-20;2-1-3/h7-9,12H,2-6,10-11H2,1H3,(H,17,18,19);. The number of carbonyl (C=O) groups excluding carboxylic acids is 2. The minimum Gasteiger partial charge on any atom is -0.436 e. The lowest BCUT2D eigenvalue weighted by Gasteiger charge is -2.23. The summed E-state index contributed by atoms with van der Waals surface area (Å²) < 4.78 is 5.87. The van der Waals surface area contributed by atoms with Gasteiger partial charge in [0.2, 0.25) is 0 Å². The Morgan fingerprint density at radius 3 is 2.54 bits per heavy atom. The summed E-state index contributed by atoms with van der Waals surface area (Å²) in [4.78, 5) is 18.7. The molecule has 0 atom stereocenters. The Morgan fingerprint density at radius 1 is 1.17 bits per heavy atom. The molecule has 3 rings (SSSR count). The van der Waals surface area contributed by atoms with Crippen molar-refractivity contribution in [1.29, 1.82) is 0 Å². The average molecular weight is 330 g/mol. The van der Waals surface area contributed by atoms with Crippen LogP contribution in [0.15, 0.2) is 24.3 Å². The molecular formula is C17H22N4O3. The second-order valence-electron chi connectivity index (χ2n) is 5.51. The van der Waals surface area contributed by atoms with Crippen LogP contribution in [0, 0.1) is 0 Å². The van der Waals surface area contributed by atoms with Gasteiger partial charge in [0.1, 0.15) is 11.4 Å². The van der Waals surface area contributed by atoms with Crippen molar-refractivity contribution in [3.05, 3.63) is 30.0 Å². The number of nitrogens with one attached hydrogen (secondary N) is 1. The fourth-order valence-corrected chi connectivity index (χ4v) is 2.74. The normalized spacial score (nSPS) is 14.1. The molecule has 1 aliphatic rings. The van der Waals surface area contributed by atoms with Crippen molar-refractivity contribution >= 4 is 11.8 Å². The molecule has 2 heterocycles. The van der Waals surface area contributed by atoms with Gasteiger partial charge in [0.15, 0.2) is 0 Å². The van der Waals surface area contributed by atoms with Crippen LogP contribution in [0.3, 0.4) is 0 Å². The van der Waals surface area contributed by atoms with Crippen LogP contribution in [0.5, 0.6) is 11.6 Å². The SMILES string of the molecule is CCc1n[nH]nc1Oc1cccc(N2CCCCCC2)c1.O=C=O. The van der Waals surface area contributed by atoms with Crippen LogP contribution in [0.1, 0.15) is 38.3 Å². The van der Waals surface area contributed by atoms with E-state index in [0.717, 1.165) is 31.0 Å². The van der Waals surface area contributed by atoms with Gasteiger partial charge in [-0.25, -0.2) is 0 Å². The predicted octanol–water partition coefficient (Wildman–Crippen LogP) is 2.96. The Bertz CT molecular complexity index is 657. The molecular weight excluding hydrogens is 308 g/mol. The molecule has 0 radical (unpaired) electrons. The Morgan fingerprint density at radius 2 is 1.88 bits per heavy atom. The van der Waals surface area contributed by atoms with Crippen LogP contribution in [-0.2, 0) is 16.0 Å². The van der Waals surface area contributed by atoms with E-state index in [2.05, 4.69) is 32.4 Å². The van der Waals surface area contributed by atoms with Gasteiger partial charge in [-0.05, 0) is 31.4 Å². The summed E-state index contributed by atoms with van der Waals surface area (Å²) in [7, 11) is 0. The van der Waals surface area contributed by atoms with E-state index in [9.17, 15) is 0 Å². The van der Waals surface area contributed by atoms with Crippen molar-refractivity contribution in [2.45, 2.75) is 39.0 Å². The molecule has 1 fully saturated rings. The molecule has 7 heteroatoms. The Balaban J connectivity index is 0.000000647. The van der Waals surface area contributed by atoms with E-state index < -0.39 is 0 Å². The number of hydrogen-bond donors (Lipinski definition) is 1. The van der Waals surface area contributed by atoms with E-state index >= 15 is 0 Å². The van der Waals surface area contributed by atoms with Crippen molar-refractivity contribution in [3.8, 4) is 11.6 Å². The monoisotopic (exact) mass is 330 g/mol. The zero-order valence-electron chi connectivity index (χ0n) is 13.8. The van der Waals surface area contributed by atoms with Crippen LogP contribution in [-0.4, -0.2) is 34.7 Å². The van der Waals surface area contributed by atoms with Crippen molar-refractivity contribution in [1.82, 2.24) is 15.4 Å². The highest BCUT2D eigenvalue weighted by Crippen LogP contribution is 2.27. The van der Waals surface area contributed by atoms with Gasteiger partial charge >= 0.3 is 6.15 Å². The number of benzene rings is 1. The number of nitrogens with zero attached hydrogens (tertiary/aromatic N) is 3. The minimum atomic E-state index is 0.250. The molecule has 0 spiro atoms. The van der Waals surface area contributed by atoms with Gasteiger partial charge < -0.3 is 9.64 Å². The number of anilines is 1. The third-order valence-corrected chi connectivity index (χ3v) is 3.92. The molecule has 0 saturated carbocycles. The molecule has 24 heavy (non-hydrogen) atoms. The molecule has 0 aliphatic carbocycles. The van der Waals surface area contributed by atoms with Crippen LogP contribution in [0.25, 0.3) is 0 Å². The molecule has 0 unspecified atom stereocenters. The van der Waals surface area contributed by atoms with Crippen LogP contribution in [0.2, 0.25) is 0 Å². The maximum atomic E-state index is 8.12. The predicted molar refractivity (Wildman–Crippen MR) is 88.0 cm³/mol. The zero-order valence-corrected chi connectivity index (χ0v) is 13.8. The van der Waals surface area contributed by atoms with Crippen LogP contribution < -0.4 is 9.64 Å². The van der Waals surface area contributed by atoms with E-state index in [1.165, 1.54) is 31.4 Å². The highest BCUT2D eigenvalue weighted by Gasteiger charge is 2.12. The summed E-state index contributed by atoms with van der Waals surface area (Å²) in [5.74, 6) is 1.39. The smallest absolute Gasteiger partial charge is 0.373 e. The number of aromatic nitrogens is 3. The van der Waals surface area contributed by atoms with E-state index in [1.54, 1.807) is 0 Å². The Hall–Kier alpha value is -2.66. The van der Waals surface area contributed by atoms with Gasteiger partial charge in [0.05, 0.1) is 0 Å². The molecule has 0 amide bonds. The number of aromatic amines is 1. The molecule has 0 bridgehead atoms. The second kappa shape index (κ2) is 9.47. The maximum absolute atomic E-state index is 8.12. The molecule has 1 aliphatic heterocycles. The summed E-state index contributed by atoms with van der Waals surface area (Å²) in [5.41, 5.74) is 2.09. The second-order valence-corrected chi connectivity index (χ2v) is 5.51. The summed E-state index contributed by atoms with van der Waals surface area (Å²) in [5, 5.41) is 10.8. The van der Waals surface area contributed by atoms with E-state index in [1.807, 2.05) is 19.1 Å². The first-order chi connectivity index (χ1) is 11.8. The number of ether oxygens (including phenoxy) is 1. The van der Waals surface area contributed by atoms with Gasteiger partial charge in [-0.3, -0.25) is 0 Å². The highest BCUT2D eigenvalue weighted by atomic mass is 16.5. The number of rotatable bonds is 4. The third-order valence-electron chi connectivity index (χ3n) is 3.92. The van der Waals surface area contributed by atoms with E-state index in [0.29, 0.717) is 5.88 Å². The first-order valence-electron chi connectivity index (χ1n) is 8.20. The summed E-state index contributed by atoms with van der Waals surface area (Å²) in [6.45, 7) is 4.31. The number of hydrogen-bond acceptors (Lipinski definition) is 6. The molecule has 1 aromatic heterocycles. The van der Waals surface area contributed by atoms with Gasteiger partial charge in [0, 0.05) is 24.8 Å². The van der Waals surface area contributed by atoms with Crippen LogP contribution >= 0.6 is 0 Å². The Kier molecular flexibility index (Phi) is 6.98. The van der Waals surface area contributed by atoms with Crippen LogP contribution in [0.4, 0.5) is 5.69 Å². The lowest BCUT2D eigenvalue weighted by Crippen LogP contribution is -2.23. The Labute approximate surface area is 141 Å². The molecule has 1 N–H and O–H groups in total. The topological polar surface area (TPSA) is 88.2 Å². The number of aryl methyl sites for hydroxylation is 1. The molecule has 7 nitrogen and oxygen atoms in total. The first kappa shape index (κ1) is 17.7. The fourth-order valence-electron chi connectivity index (χ4n) is 2.74. The lowest BCUT2D eigenvalue weighted by atomic mass is 10.2. The number of H-pyrrole nitrogens is 1. The van der Waals surface area contributed by atoms with E-state index in [4.69, 9.17) is 14.3 Å². The van der Waals surface area contributed by atoms with Gasteiger partial charge in [-0.2, -0.15) is 19.9 Å². The largest absolute Gasteiger partial charge is 0.436 e. The summed E-state index contributed by atoms with van der Waals surface area (Å²) in [6.07, 6.45) is 6.28. The van der Waals surface area contributed by atoms with Crippen molar-refractivity contribution in [2.24, 2.45) is 0 Å². The first-order valence-corrected chi connectivity index (χ1v) is 8.20. The van der Waals surface area contributed by atoms with Gasteiger partial charge in [-0.1, -0.05) is 25.8 Å². The minimum absolute atomic E-state index is 0.250. The van der Waals surface area contributed by atoms with Crippen molar-refractivity contribution in [3.63, 3.8) is 0 Å². The van der Waals surface area contributed by atoms with Crippen molar-refractivity contribution < 1.29 is 14.3 Å². The van der Waals surface area contributed by atoms with Gasteiger partial charge in [-0.15, -0.1) is 5.10 Å². The fraction of sp³-hybridized carbons (Fsp3) is 0.471. The molecule has 1 aromatic carbocycles. The molecule has 128 valence electrons. The maximum Gasteiger partial charge on any atom is 0.373 e. The molecule has 2 aromatic rings. The lowest BCUT2D eigenvalue weighted by molar-refractivity contribution is -0.191. The summed E-state index contributed by atoms with van der Waals surface area (Å²) in [6, 6.07) is 8.26. The quantitative estimate of drug-likeness (QED) is 0.927. The zero-order chi connectivity index (χ0) is 17.2. The van der Waals surface area contributed by atoms with Crippen molar-refractivity contribution in [2.75, 3.05) is 18.0 Å². The average Bonchev–Trinajstić information content (AvgIpc) is 2.86. The molecule has 1 saturated heterocycles. The van der Waals surface area contributed by atoms with Gasteiger partial charge in [0.25, 0.3) is 5.88 Å². The van der Waals surface area contributed by atoms with E-state index in [-0.39, 0.29) is 6.15 Å². The highest BCUT2D eigenvalue weighted by molar-refractivity contribution is 5.51. The summed E-state index contributed by atoms with van der Waals surface area (Å²) >= 11 is 0. The third kappa shape index (κ3) is 4.93.